The van der Waals surface area contributed by atoms with Crippen LogP contribution in [0.1, 0.15) is 20.3 Å². The summed E-state index contributed by atoms with van der Waals surface area (Å²) in [7, 11) is 0.0138. The summed E-state index contributed by atoms with van der Waals surface area (Å²) in [6.45, 7) is 3.77. The molecule has 0 amide bonds. The topological polar surface area (TPSA) is 26.3 Å². The zero-order chi connectivity index (χ0) is 16.2. The smallest absolute Gasteiger partial charge is 0.327 e. The molecule has 2 aromatic rings. The standard InChI is InChI=1S/C18H20BrO2S/c1-4-18(2,19)17(20)21-14-10-12-16(13-11-14)22(3)15-8-6-5-7-9-15/h5-13H,4H2,1-3H3/q+1. The minimum absolute atomic E-state index is 0.0138. The number of alkyl halides is 1. The van der Waals surface area contributed by atoms with E-state index in [2.05, 4.69) is 46.5 Å². The van der Waals surface area contributed by atoms with Gasteiger partial charge in [0.15, 0.2) is 9.79 Å². The van der Waals surface area contributed by atoms with Crippen LogP contribution in [0.25, 0.3) is 0 Å². The van der Waals surface area contributed by atoms with Crippen molar-refractivity contribution in [1.82, 2.24) is 0 Å². The van der Waals surface area contributed by atoms with Crippen LogP contribution in [0.4, 0.5) is 0 Å². The number of hydrogen-bond donors (Lipinski definition) is 0. The summed E-state index contributed by atoms with van der Waals surface area (Å²) in [6, 6.07) is 18.2. The molecule has 0 N–H and O–H groups in total. The van der Waals surface area contributed by atoms with Gasteiger partial charge in [-0.1, -0.05) is 41.1 Å². The fourth-order valence-corrected chi connectivity index (χ4v) is 3.29. The van der Waals surface area contributed by atoms with Gasteiger partial charge >= 0.3 is 5.97 Å². The lowest BCUT2D eigenvalue weighted by atomic mass is 10.1. The second kappa shape index (κ2) is 7.34. The third-order valence-electron chi connectivity index (χ3n) is 3.57. The fraction of sp³-hybridized carbons (Fsp3) is 0.278. The zero-order valence-corrected chi connectivity index (χ0v) is 15.4. The quantitative estimate of drug-likeness (QED) is 0.322. The van der Waals surface area contributed by atoms with E-state index in [9.17, 15) is 4.79 Å². The van der Waals surface area contributed by atoms with E-state index in [1.807, 2.05) is 44.2 Å². The summed E-state index contributed by atoms with van der Waals surface area (Å²) in [4.78, 5) is 14.6. The molecule has 0 aromatic heterocycles. The van der Waals surface area contributed by atoms with Gasteiger partial charge in [-0.15, -0.1) is 0 Å². The van der Waals surface area contributed by atoms with Crippen molar-refractivity contribution in [3.63, 3.8) is 0 Å². The molecule has 0 fully saturated rings. The Hall–Kier alpha value is -1.26. The fourth-order valence-electron chi connectivity index (χ4n) is 1.83. The number of carbonyl (C=O) groups excluding carboxylic acids is 1. The van der Waals surface area contributed by atoms with Crippen LogP contribution in [0.15, 0.2) is 64.4 Å². The molecule has 116 valence electrons. The molecule has 2 rings (SSSR count). The maximum Gasteiger partial charge on any atom is 0.327 e. The minimum atomic E-state index is -0.634. The Morgan fingerprint density at radius 2 is 1.64 bits per heavy atom. The highest BCUT2D eigenvalue weighted by molar-refractivity contribution is 9.10. The second-order valence-electron chi connectivity index (χ2n) is 5.24. The van der Waals surface area contributed by atoms with Gasteiger partial charge in [-0.25, -0.2) is 0 Å². The van der Waals surface area contributed by atoms with Crippen LogP contribution >= 0.6 is 15.9 Å². The third kappa shape index (κ3) is 4.14. The van der Waals surface area contributed by atoms with Crippen LogP contribution in [0.5, 0.6) is 5.75 Å². The SMILES string of the molecule is CCC(C)(Br)C(=O)Oc1ccc([S+](C)c2ccccc2)cc1. The Balaban J connectivity index is 2.09. The number of ether oxygens (including phenoxy) is 1. The van der Waals surface area contributed by atoms with Crippen molar-refractivity contribution in [1.29, 1.82) is 0 Å². The molecule has 0 bridgehead atoms. The molecule has 0 heterocycles. The predicted molar refractivity (Wildman–Crippen MR) is 96.0 cm³/mol. The molecule has 0 saturated heterocycles. The molecule has 0 aliphatic heterocycles. The summed E-state index contributed by atoms with van der Waals surface area (Å²) in [6.07, 6.45) is 2.87. The van der Waals surface area contributed by atoms with Crippen LogP contribution in [0, 0.1) is 0 Å². The number of rotatable bonds is 5. The average Bonchev–Trinajstić information content (AvgIpc) is 2.55. The van der Waals surface area contributed by atoms with Gasteiger partial charge in [0.05, 0.1) is 10.9 Å². The molecule has 4 heteroatoms. The molecule has 2 aromatic carbocycles. The molecular formula is C18H20BrO2S+. The molecule has 22 heavy (non-hydrogen) atoms. The lowest BCUT2D eigenvalue weighted by molar-refractivity contribution is -0.136. The number of hydrogen-bond acceptors (Lipinski definition) is 2. The minimum Gasteiger partial charge on any atom is -0.426 e. The maximum absolute atomic E-state index is 12.0. The third-order valence-corrected chi connectivity index (χ3v) is 6.42. The highest BCUT2D eigenvalue weighted by Gasteiger charge is 2.30. The van der Waals surface area contributed by atoms with E-state index in [-0.39, 0.29) is 16.9 Å². The monoisotopic (exact) mass is 379 g/mol. The number of esters is 1. The average molecular weight is 380 g/mol. The zero-order valence-electron chi connectivity index (χ0n) is 13.0. The molecule has 0 radical (unpaired) electrons. The van der Waals surface area contributed by atoms with Crippen molar-refractivity contribution in [3.8, 4) is 5.75 Å². The molecule has 0 saturated carbocycles. The molecule has 2 unspecified atom stereocenters. The van der Waals surface area contributed by atoms with Crippen molar-refractivity contribution in [2.24, 2.45) is 0 Å². The van der Waals surface area contributed by atoms with Crippen LogP contribution in [-0.2, 0) is 15.7 Å². The highest BCUT2D eigenvalue weighted by Crippen LogP contribution is 2.26. The molecule has 0 spiro atoms. The van der Waals surface area contributed by atoms with E-state index in [0.717, 1.165) is 0 Å². The molecular weight excluding hydrogens is 360 g/mol. The number of carbonyl (C=O) groups is 1. The normalized spacial score (nSPS) is 14.9. The molecule has 0 aliphatic carbocycles. The summed E-state index contributed by atoms with van der Waals surface area (Å²) in [5.41, 5.74) is 0. The Bertz CT molecular complexity index is 623. The Labute approximate surface area is 143 Å². The van der Waals surface area contributed by atoms with Crippen molar-refractivity contribution in [2.75, 3.05) is 6.26 Å². The molecule has 2 atom stereocenters. The van der Waals surface area contributed by atoms with Crippen molar-refractivity contribution in [2.45, 2.75) is 34.4 Å². The lowest BCUT2D eigenvalue weighted by Crippen LogP contribution is -2.31. The van der Waals surface area contributed by atoms with Crippen LogP contribution in [0.3, 0.4) is 0 Å². The summed E-state index contributed by atoms with van der Waals surface area (Å²) >= 11 is 3.40. The second-order valence-corrected chi connectivity index (χ2v) is 8.95. The Morgan fingerprint density at radius 1 is 1.09 bits per heavy atom. The van der Waals surface area contributed by atoms with Gasteiger partial charge < -0.3 is 4.74 Å². The maximum atomic E-state index is 12.0. The van der Waals surface area contributed by atoms with E-state index >= 15 is 0 Å². The van der Waals surface area contributed by atoms with E-state index in [0.29, 0.717) is 12.2 Å². The summed E-state index contributed by atoms with van der Waals surface area (Å²) in [5, 5.41) is 0. The first-order valence-corrected chi connectivity index (χ1v) is 9.59. The van der Waals surface area contributed by atoms with E-state index < -0.39 is 4.32 Å². The van der Waals surface area contributed by atoms with Crippen LogP contribution in [0.2, 0.25) is 0 Å². The largest absolute Gasteiger partial charge is 0.426 e. The first-order chi connectivity index (χ1) is 10.4. The summed E-state index contributed by atoms with van der Waals surface area (Å²) in [5.74, 6) is 0.319. The van der Waals surface area contributed by atoms with Gasteiger partial charge in [0.25, 0.3) is 0 Å². The highest BCUT2D eigenvalue weighted by atomic mass is 79.9. The van der Waals surface area contributed by atoms with Crippen LogP contribution in [-0.4, -0.2) is 16.5 Å². The first-order valence-electron chi connectivity index (χ1n) is 7.16. The lowest BCUT2D eigenvalue weighted by Gasteiger charge is -2.18. The van der Waals surface area contributed by atoms with E-state index in [1.165, 1.54) is 9.79 Å². The van der Waals surface area contributed by atoms with Crippen molar-refractivity contribution >= 4 is 32.8 Å². The van der Waals surface area contributed by atoms with Gasteiger partial charge in [-0.3, -0.25) is 4.79 Å². The van der Waals surface area contributed by atoms with Gasteiger partial charge in [-0.05, 0) is 49.7 Å². The number of benzene rings is 2. The van der Waals surface area contributed by atoms with E-state index in [4.69, 9.17) is 4.74 Å². The molecule has 2 nitrogen and oxygen atoms in total. The van der Waals surface area contributed by atoms with Crippen molar-refractivity contribution in [3.05, 3.63) is 54.6 Å². The Morgan fingerprint density at radius 3 is 2.18 bits per heavy atom. The van der Waals surface area contributed by atoms with Gasteiger partial charge in [0.1, 0.15) is 16.3 Å². The van der Waals surface area contributed by atoms with Crippen LogP contribution < -0.4 is 4.74 Å². The first kappa shape index (κ1) is 17.1. The van der Waals surface area contributed by atoms with Gasteiger partial charge in [0, 0.05) is 0 Å². The predicted octanol–water partition coefficient (Wildman–Crippen LogP) is 4.82. The Kier molecular flexibility index (Phi) is 5.70. The van der Waals surface area contributed by atoms with Crippen molar-refractivity contribution < 1.29 is 9.53 Å². The number of halogens is 1. The van der Waals surface area contributed by atoms with Gasteiger partial charge in [-0.2, -0.15) is 0 Å². The molecule has 0 aliphatic rings. The summed E-state index contributed by atoms with van der Waals surface area (Å²) < 4.78 is 4.79. The van der Waals surface area contributed by atoms with E-state index in [1.54, 1.807) is 0 Å². The van der Waals surface area contributed by atoms with Gasteiger partial charge in [0.2, 0.25) is 0 Å².